The minimum absolute atomic E-state index is 0.149. The van der Waals surface area contributed by atoms with Gasteiger partial charge in [-0.15, -0.1) is 13.2 Å². The number of ether oxygens (including phenoxy) is 2. The summed E-state index contributed by atoms with van der Waals surface area (Å²) in [6.07, 6.45) is -4.82. The van der Waals surface area contributed by atoms with Crippen molar-refractivity contribution in [3.8, 4) is 17.1 Å². The number of esters is 1. The summed E-state index contributed by atoms with van der Waals surface area (Å²) in [5.41, 5.74) is 5.29. The van der Waals surface area contributed by atoms with E-state index in [1.165, 1.54) is 25.3 Å². The van der Waals surface area contributed by atoms with Crippen molar-refractivity contribution in [3.63, 3.8) is 0 Å². The van der Waals surface area contributed by atoms with Gasteiger partial charge in [0.25, 0.3) is 0 Å². The van der Waals surface area contributed by atoms with E-state index in [0.717, 1.165) is 5.39 Å². The monoisotopic (exact) mass is 491 g/mol. The third kappa shape index (κ3) is 4.75. The van der Waals surface area contributed by atoms with Crippen LogP contribution >= 0.6 is 11.6 Å². The SMILES string of the molecule is COC(=O)[C@@H](Nn1c(-c2ccc3cccc(Cl)c3n2)cc2cc(OC(F)(F)F)ccc21)C(C)C. The molecule has 0 saturated heterocycles. The van der Waals surface area contributed by atoms with Crippen molar-refractivity contribution in [2.75, 3.05) is 12.5 Å². The van der Waals surface area contributed by atoms with Crippen LogP contribution in [0.2, 0.25) is 5.02 Å². The first kappa shape index (κ1) is 23.7. The number of carbonyl (C=O) groups excluding carboxylic acids is 1. The van der Waals surface area contributed by atoms with Crippen molar-refractivity contribution in [3.05, 3.63) is 59.6 Å². The van der Waals surface area contributed by atoms with E-state index >= 15 is 0 Å². The first-order valence-electron chi connectivity index (χ1n) is 10.4. The smallest absolute Gasteiger partial charge is 0.467 e. The Bertz CT molecular complexity index is 1370. The van der Waals surface area contributed by atoms with Gasteiger partial charge in [0, 0.05) is 10.8 Å². The second-order valence-corrected chi connectivity index (χ2v) is 8.42. The zero-order chi connectivity index (χ0) is 24.6. The van der Waals surface area contributed by atoms with Crippen LogP contribution in [0.1, 0.15) is 13.8 Å². The van der Waals surface area contributed by atoms with Crippen molar-refractivity contribution < 1.29 is 27.4 Å². The normalized spacial score (nSPS) is 12.8. The van der Waals surface area contributed by atoms with Gasteiger partial charge in [0.2, 0.25) is 0 Å². The first-order chi connectivity index (χ1) is 16.1. The van der Waals surface area contributed by atoms with Gasteiger partial charge in [-0.1, -0.05) is 43.6 Å². The topological polar surface area (TPSA) is 65.4 Å². The van der Waals surface area contributed by atoms with Gasteiger partial charge in [-0.3, -0.25) is 4.68 Å². The molecule has 4 rings (SSSR count). The Morgan fingerprint density at radius 2 is 1.85 bits per heavy atom. The van der Waals surface area contributed by atoms with Crippen LogP contribution in [-0.2, 0) is 9.53 Å². The maximum Gasteiger partial charge on any atom is 0.573 e. The van der Waals surface area contributed by atoms with Crippen LogP contribution in [0.5, 0.6) is 5.75 Å². The van der Waals surface area contributed by atoms with E-state index in [1.807, 2.05) is 32.0 Å². The van der Waals surface area contributed by atoms with E-state index in [1.54, 1.807) is 22.9 Å². The predicted octanol–water partition coefficient (Wildman–Crippen LogP) is 6.15. The molecule has 10 heteroatoms. The molecule has 34 heavy (non-hydrogen) atoms. The summed E-state index contributed by atoms with van der Waals surface area (Å²) in [6, 6.07) is 14.0. The number of hydrogen-bond acceptors (Lipinski definition) is 5. The number of carbonyl (C=O) groups is 1. The number of methoxy groups -OCH3 is 1. The number of fused-ring (bicyclic) bond motifs is 2. The van der Waals surface area contributed by atoms with Crippen LogP contribution in [0, 0.1) is 5.92 Å². The van der Waals surface area contributed by atoms with Crippen LogP contribution < -0.4 is 10.2 Å². The quantitative estimate of drug-likeness (QED) is 0.328. The molecule has 1 atom stereocenters. The van der Waals surface area contributed by atoms with Crippen molar-refractivity contribution in [1.82, 2.24) is 9.66 Å². The number of nitrogens with zero attached hydrogens (tertiary/aromatic N) is 2. The third-order valence-corrected chi connectivity index (χ3v) is 5.64. The lowest BCUT2D eigenvalue weighted by Gasteiger charge is -2.24. The lowest BCUT2D eigenvalue weighted by atomic mass is 10.1. The first-order valence-corrected chi connectivity index (χ1v) is 10.8. The van der Waals surface area contributed by atoms with E-state index < -0.39 is 18.4 Å². The molecule has 0 saturated carbocycles. The van der Waals surface area contributed by atoms with Gasteiger partial charge in [-0.05, 0) is 42.3 Å². The van der Waals surface area contributed by atoms with Crippen LogP contribution in [0.25, 0.3) is 33.2 Å². The van der Waals surface area contributed by atoms with Crippen molar-refractivity contribution in [2.45, 2.75) is 26.3 Å². The number of alkyl halides is 3. The maximum absolute atomic E-state index is 12.8. The van der Waals surface area contributed by atoms with Crippen molar-refractivity contribution in [2.24, 2.45) is 5.92 Å². The second-order valence-electron chi connectivity index (χ2n) is 8.02. The average Bonchev–Trinajstić information content (AvgIpc) is 3.13. The van der Waals surface area contributed by atoms with Gasteiger partial charge in [0.1, 0.15) is 11.8 Å². The zero-order valence-electron chi connectivity index (χ0n) is 18.5. The van der Waals surface area contributed by atoms with Gasteiger partial charge >= 0.3 is 12.3 Å². The molecule has 0 spiro atoms. The van der Waals surface area contributed by atoms with Gasteiger partial charge in [-0.25, -0.2) is 9.78 Å². The zero-order valence-corrected chi connectivity index (χ0v) is 19.2. The molecule has 6 nitrogen and oxygen atoms in total. The molecule has 0 aliphatic rings. The largest absolute Gasteiger partial charge is 0.573 e. The Morgan fingerprint density at radius 3 is 2.53 bits per heavy atom. The van der Waals surface area contributed by atoms with E-state index in [4.69, 9.17) is 16.3 Å². The molecule has 0 aliphatic carbocycles. The fraction of sp³-hybridized carbons (Fsp3) is 0.250. The Balaban J connectivity index is 1.90. The molecule has 0 radical (unpaired) electrons. The summed E-state index contributed by atoms with van der Waals surface area (Å²) in [7, 11) is 1.29. The number of hydrogen-bond donors (Lipinski definition) is 1. The minimum Gasteiger partial charge on any atom is -0.467 e. The average molecular weight is 492 g/mol. The van der Waals surface area contributed by atoms with Crippen molar-refractivity contribution in [1.29, 1.82) is 0 Å². The Morgan fingerprint density at radius 1 is 1.09 bits per heavy atom. The number of aromatic nitrogens is 2. The Labute approximate surface area is 198 Å². The summed E-state index contributed by atoms with van der Waals surface area (Å²) in [6.45, 7) is 3.70. The number of nitrogens with one attached hydrogen (secondary N) is 1. The molecule has 0 amide bonds. The third-order valence-electron chi connectivity index (χ3n) is 5.33. The lowest BCUT2D eigenvalue weighted by Crippen LogP contribution is -2.40. The summed E-state index contributed by atoms with van der Waals surface area (Å²) in [5.74, 6) is -0.981. The van der Waals surface area contributed by atoms with Crippen LogP contribution in [0.15, 0.2) is 54.6 Å². The molecule has 1 N–H and O–H groups in total. The van der Waals surface area contributed by atoms with E-state index in [-0.39, 0.29) is 11.7 Å². The molecule has 0 unspecified atom stereocenters. The fourth-order valence-electron chi connectivity index (χ4n) is 3.71. The number of para-hydroxylation sites is 1. The molecule has 178 valence electrons. The van der Waals surface area contributed by atoms with Crippen molar-refractivity contribution >= 4 is 39.4 Å². The highest BCUT2D eigenvalue weighted by Crippen LogP contribution is 2.33. The van der Waals surface area contributed by atoms with Crippen LogP contribution in [0.4, 0.5) is 13.2 Å². The van der Waals surface area contributed by atoms with Gasteiger partial charge < -0.3 is 14.9 Å². The van der Waals surface area contributed by atoms with Gasteiger partial charge in [0.05, 0.1) is 34.6 Å². The maximum atomic E-state index is 12.8. The predicted molar refractivity (Wildman–Crippen MR) is 124 cm³/mol. The van der Waals surface area contributed by atoms with Gasteiger partial charge in [0.15, 0.2) is 0 Å². The Hall–Kier alpha value is -3.46. The lowest BCUT2D eigenvalue weighted by molar-refractivity contribution is -0.274. The van der Waals surface area contributed by atoms with E-state index in [2.05, 4.69) is 15.1 Å². The molecule has 0 fully saturated rings. The molecule has 2 aromatic carbocycles. The molecule has 2 aromatic heterocycles. The number of pyridine rings is 1. The molecule has 0 bridgehead atoms. The molecule has 0 aliphatic heterocycles. The number of halogens is 4. The summed E-state index contributed by atoms with van der Waals surface area (Å²) in [5, 5.41) is 1.76. The fourth-order valence-corrected chi connectivity index (χ4v) is 3.94. The van der Waals surface area contributed by atoms with E-state index in [0.29, 0.717) is 32.8 Å². The highest BCUT2D eigenvalue weighted by molar-refractivity contribution is 6.35. The summed E-state index contributed by atoms with van der Waals surface area (Å²) < 4.78 is 48.9. The number of rotatable bonds is 6. The van der Waals surface area contributed by atoms with Crippen LogP contribution in [0.3, 0.4) is 0 Å². The van der Waals surface area contributed by atoms with E-state index in [9.17, 15) is 18.0 Å². The molecule has 2 heterocycles. The highest BCUT2D eigenvalue weighted by atomic mass is 35.5. The standard InChI is InChI=1S/C24H21ClF3N3O3/c1-13(2)21(23(32)33-3)30-31-19-10-8-16(34-24(26,27)28)11-15(19)12-20(31)18-9-7-14-5-4-6-17(25)22(14)29-18/h4-13,21,30H,1-3H3/t21-/m0/s1. The second kappa shape index (κ2) is 9.06. The number of benzene rings is 2. The summed E-state index contributed by atoms with van der Waals surface area (Å²) in [4.78, 5) is 17.1. The minimum atomic E-state index is -4.82. The highest BCUT2D eigenvalue weighted by Gasteiger charge is 2.31. The Kier molecular flexibility index (Phi) is 6.31. The summed E-state index contributed by atoms with van der Waals surface area (Å²) >= 11 is 6.33. The molecular weight excluding hydrogens is 471 g/mol. The molecule has 4 aromatic rings. The van der Waals surface area contributed by atoms with Crippen LogP contribution in [-0.4, -0.2) is 35.1 Å². The van der Waals surface area contributed by atoms with Gasteiger partial charge in [-0.2, -0.15) is 0 Å². The molecular formula is C24H21ClF3N3O3.